The van der Waals surface area contributed by atoms with Crippen molar-refractivity contribution in [3.8, 4) is 11.3 Å². The molecule has 4 atom stereocenters. The number of carboxylic acid groups (broad SMARTS) is 1. The number of nitrogens with zero attached hydrogens (tertiary/aromatic N) is 4. The highest BCUT2D eigenvalue weighted by molar-refractivity contribution is 7.19. The van der Waals surface area contributed by atoms with E-state index in [0.29, 0.717) is 16.8 Å². The fourth-order valence-electron chi connectivity index (χ4n) is 5.95. The van der Waals surface area contributed by atoms with Gasteiger partial charge in [-0.15, -0.1) is 11.3 Å². The van der Waals surface area contributed by atoms with Gasteiger partial charge in [0.15, 0.2) is 0 Å². The summed E-state index contributed by atoms with van der Waals surface area (Å²) in [4.78, 5) is 49.8. The first-order valence-electron chi connectivity index (χ1n) is 12.6. The maximum atomic E-state index is 12.9. The lowest BCUT2D eigenvalue weighted by molar-refractivity contribution is -0.143. The predicted octanol–water partition coefficient (Wildman–Crippen LogP) is 3.22. The number of imide groups is 1. The van der Waals surface area contributed by atoms with Crippen LogP contribution in [0.4, 0.5) is 4.79 Å². The number of hydrogen-bond acceptors (Lipinski definition) is 8. The maximum Gasteiger partial charge on any atom is 0.407 e. The number of aliphatic hydroxyl groups is 1. The normalized spacial score (nSPS) is 25.1. The summed E-state index contributed by atoms with van der Waals surface area (Å²) in [6.45, 7) is 6.50. The highest BCUT2D eigenvalue weighted by atomic mass is 32.1. The Morgan fingerprint density at radius 1 is 1.21 bits per heavy atom. The van der Waals surface area contributed by atoms with Crippen LogP contribution in [0.1, 0.15) is 36.0 Å². The number of pyridine rings is 2. The van der Waals surface area contributed by atoms with Crippen LogP contribution in [-0.2, 0) is 20.9 Å². The molecule has 198 valence electrons. The molecule has 1 aliphatic carbocycles. The van der Waals surface area contributed by atoms with E-state index in [1.54, 1.807) is 18.5 Å². The lowest BCUT2D eigenvalue weighted by Crippen LogP contribution is -2.47. The van der Waals surface area contributed by atoms with Crippen molar-refractivity contribution in [1.82, 2.24) is 19.8 Å². The summed E-state index contributed by atoms with van der Waals surface area (Å²) in [7, 11) is 0. The lowest BCUT2D eigenvalue weighted by atomic mass is 9.94. The fourth-order valence-corrected chi connectivity index (χ4v) is 7.07. The first-order valence-corrected chi connectivity index (χ1v) is 13.4. The minimum Gasteiger partial charge on any atom is -0.465 e. The summed E-state index contributed by atoms with van der Waals surface area (Å²) in [5.41, 5.74) is 3.15. The molecule has 3 fully saturated rings. The summed E-state index contributed by atoms with van der Waals surface area (Å²) in [6.07, 6.45) is 0.453. The Kier molecular flexibility index (Phi) is 5.78. The van der Waals surface area contributed by atoms with Gasteiger partial charge in [-0.25, -0.2) is 4.79 Å². The molecule has 3 unspecified atom stereocenters. The number of hydrogen-bond donors (Lipinski definition) is 2. The molecule has 3 aromatic rings. The molecule has 1 saturated carbocycles. The van der Waals surface area contributed by atoms with E-state index in [1.807, 2.05) is 32.9 Å². The van der Waals surface area contributed by atoms with E-state index >= 15 is 0 Å². The van der Waals surface area contributed by atoms with Gasteiger partial charge in [0.1, 0.15) is 12.2 Å². The third-order valence-electron chi connectivity index (χ3n) is 8.14. The average molecular weight is 537 g/mol. The number of amides is 3. The van der Waals surface area contributed by atoms with Crippen LogP contribution >= 0.6 is 11.3 Å². The number of fused-ring (bicyclic) bond motifs is 2. The van der Waals surface area contributed by atoms with Crippen molar-refractivity contribution < 1.29 is 29.3 Å². The van der Waals surface area contributed by atoms with Crippen molar-refractivity contribution in [2.24, 2.45) is 17.3 Å². The molecule has 11 heteroatoms. The van der Waals surface area contributed by atoms with Gasteiger partial charge in [-0.05, 0) is 36.1 Å². The zero-order chi connectivity index (χ0) is 26.9. The fraction of sp³-hybridized carbons (Fsp3) is 0.444. The van der Waals surface area contributed by atoms with Crippen molar-refractivity contribution in [1.29, 1.82) is 0 Å². The van der Waals surface area contributed by atoms with Crippen molar-refractivity contribution in [3.63, 3.8) is 0 Å². The van der Waals surface area contributed by atoms with Gasteiger partial charge < -0.3 is 19.8 Å². The van der Waals surface area contributed by atoms with Gasteiger partial charge in [0.2, 0.25) is 11.8 Å². The summed E-state index contributed by atoms with van der Waals surface area (Å²) in [6, 6.07) is 5.52. The smallest absolute Gasteiger partial charge is 0.407 e. The van der Waals surface area contributed by atoms with Crippen molar-refractivity contribution in [2.75, 3.05) is 19.7 Å². The van der Waals surface area contributed by atoms with E-state index in [4.69, 9.17) is 4.74 Å². The minimum absolute atomic E-state index is 0.0515. The number of rotatable bonds is 5. The van der Waals surface area contributed by atoms with Crippen LogP contribution in [0, 0.1) is 24.2 Å². The zero-order valence-electron chi connectivity index (χ0n) is 21.2. The molecule has 10 nitrogen and oxygen atoms in total. The van der Waals surface area contributed by atoms with Gasteiger partial charge in [0.25, 0.3) is 0 Å². The molecule has 0 aromatic carbocycles. The average Bonchev–Trinajstić information content (AvgIpc) is 3.13. The Morgan fingerprint density at radius 3 is 2.63 bits per heavy atom. The Hall–Kier alpha value is -3.41. The molecule has 2 aliphatic heterocycles. The third kappa shape index (κ3) is 3.79. The predicted molar refractivity (Wildman–Crippen MR) is 138 cm³/mol. The number of morpholine rings is 1. The van der Waals surface area contributed by atoms with Crippen molar-refractivity contribution in [3.05, 3.63) is 46.6 Å². The molecule has 0 spiro atoms. The summed E-state index contributed by atoms with van der Waals surface area (Å²) in [5.74, 6) is -0.663. The van der Waals surface area contributed by atoms with Crippen LogP contribution in [0.3, 0.4) is 0 Å². The SMILES string of the molecule is Cc1ccnc(-c2ccnc3cc(CN4C(=O)C5C(C4=O)C5(C)C)sc23)c1C(O)[C@@H]1CN(C(=O)O)CCO1. The highest BCUT2D eigenvalue weighted by Gasteiger charge is 2.72. The standard InChI is InChI=1S/C27H28N4O6S/c1-13-4-6-29-21(18(13)22(32)17-12-30(26(35)36)8-9-37-17)15-5-7-28-16-10-14(38-23(15)16)11-31-24(33)19-20(25(31)34)27(19,2)3/h4-7,10,17,19-20,22,32H,8-9,11-12H2,1-3H3,(H,35,36)/t17-,19?,20?,22?/m0/s1. The van der Waals surface area contributed by atoms with Gasteiger partial charge in [0, 0.05) is 34.9 Å². The van der Waals surface area contributed by atoms with Gasteiger partial charge in [0.05, 0.1) is 47.4 Å². The topological polar surface area (TPSA) is 133 Å². The molecule has 5 heterocycles. The van der Waals surface area contributed by atoms with Gasteiger partial charge in [-0.3, -0.25) is 24.5 Å². The highest BCUT2D eigenvalue weighted by Crippen LogP contribution is 2.63. The monoisotopic (exact) mass is 536 g/mol. The molecule has 3 aliphatic rings. The molecular weight excluding hydrogens is 508 g/mol. The second-order valence-corrected chi connectivity index (χ2v) is 11.9. The van der Waals surface area contributed by atoms with Gasteiger partial charge in [-0.2, -0.15) is 0 Å². The first kappa shape index (κ1) is 24.9. The Balaban J connectivity index is 1.33. The number of likely N-dealkylation sites (tertiary alicyclic amines) is 1. The van der Waals surface area contributed by atoms with E-state index < -0.39 is 18.3 Å². The van der Waals surface area contributed by atoms with Crippen molar-refractivity contribution in [2.45, 2.75) is 39.5 Å². The number of aromatic nitrogens is 2. The van der Waals surface area contributed by atoms with Crippen LogP contribution in [0.15, 0.2) is 30.6 Å². The minimum atomic E-state index is -1.10. The largest absolute Gasteiger partial charge is 0.465 e. The molecule has 3 aromatic heterocycles. The Bertz CT molecular complexity index is 1460. The summed E-state index contributed by atoms with van der Waals surface area (Å²) >= 11 is 1.44. The summed E-state index contributed by atoms with van der Waals surface area (Å²) < 4.78 is 6.60. The Labute approximate surface area is 222 Å². The van der Waals surface area contributed by atoms with Crippen LogP contribution in [-0.4, -0.2) is 73.7 Å². The molecule has 0 radical (unpaired) electrons. The van der Waals surface area contributed by atoms with Gasteiger partial charge in [-0.1, -0.05) is 13.8 Å². The molecule has 0 bridgehead atoms. The van der Waals surface area contributed by atoms with E-state index in [9.17, 15) is 24.6 Å². The molecule has 3 amide bonds. The molecule has 6 rings (SSSR count). The van der Waals surface area contributed by atoms with E-state index in [1.165, 1.54) is 21.1 Å². The van der Waals surface area contributed by atoms with E-state index in [2.05, 4.69) is 9.97 Å². The lowest BCUT2D eigenvalue weighted by Gasteiger charge is -2.34. The summed E-state index contributed by atoms with van der Waals surface area (Å²) in [5, 5.41) is 20.8. The number of ether oxygens (including phenoxy) is 1. The molecular formula is C27H28N4O6S. The third-order valence-corrected chi connectivity index (χ3v) is 9.29. The number of aryl methyl sites for hydroxylation is 1. The quantitative estimate of drug-likeness (QED) is 0.475. The Morgan fingerprint density at radius 2 is 1.92 bits per heavy atom. The van der Waals surface area contributed by atoms with Crippen LogP contribution in [0.25, 0.3) is 21.5 Å². The molecule has 2 saturated heterocycles. The van der Waals surface area contributed by atoms with E-state index in [-0.39, 0.29) is 55.3 Å². The zero-order valence-corrected chi connectivity index (χ0v) is 22.1. The molecule has 38 heavy (non-hydrogen) atoms. The number of carbonyl (C=O) groups excluding carboxylic acids is 2. The number of aliphatic hydroxyl groups excluding tert-OH is 1. The number of thiophene rings is 1. The van der Waals surface area contributed by atoms with Crippen LogP contribution < -0.4 is 0 Å². The van der Waals surface area contributed by atoms with Crippen molar-refractivity contribution >= 4 is 39.5 Å². The van der Waals surface area contributed by atoms with Crippen LogP contribution in [0.5, 0.6) is 0 Å². The number of piperidine rings is 1. The first-order chi connectivity index (χ1) is 18.1. The second kappa shape index (κ2) is 8.82. The van der Waals surface area contributed by atoms with Gasteiger partial charge >= 0.3 is 6.09 Å². The van der Waals surface area contributed by atoms with Crippen LogP contribution in [0.2, 0.25) is 0 Å². The second-order valence-electron chi connectivity index (χ2n) is 10.8. The maximum absolute atomic E-state index is 12.9. The number of carbonyl (C=O) groups is 3. The van der Waals surface area contributed by atoms with E-state index in [0.717, 1.165) is 20.7 Å². The molecule has 2 N–H and O–H groups in total.